The Balaban J connectivity index is 2.43. The Labute approximate surface area is 84.0 Å². The van der Waals surface area contributed by atoms with E-state index in [9.17, 15) is 9.59 Å². The number of hydrogen-bond acceptors (Lipinski definition) is 3. The number of carbonyl (C=O) groups is 2. The largest absolute Gasteiger partial charge is 0.463 e. The molecule has 0 aliphatic heterocycles. The van der Waals surface area contributed by atoms with Gasteiger partial charge in [0.1, 0.15) is 6.10 Å². The standard InChI is InChI=1S/C10H17NO3/c1-7(12)14-9-5-3-4-8(6-9)10(13)11-2/h8-9H,3-6H2,1-2H3,(H,11,13). The minimum atomic E-state index is -0.257. The van der Waals surface area contributed by atoms with Gasteiger partial charge in [-0.1, -0.05) is 0 Å². The second kappa shape index (κ2) is 4.98. The zero-order valence-electron chi connectivity index (χ0n) is 8.71. The van der Waals surface area contributed by atoms with Gasteiger partial charge in [-0.25, -0.2) is 0 Å². The maximum atomic E-state index is 11.3. The highest BCUT2D eigenvalue weighted by atomic mass is 16.5. The fourth-order valence-electron chi connectivity index (χ4n) is 1.93. The van der Waals surface area contributed by atoms with Crippen molar-refractivity contribution in [1.29, 1.82) is 0 Å². The predicted molar refractivity (Wildman–Crippen MR) is 51.6 cm³/mol. The van der Waals surface area contributed by atoms with Crippen LogP contribution in [0.3, 0.4) is 0 Å². The summed E-state index contributed by atoms with van der Waals surface area (Å²) in [5.74, 6) is -0.187. The zero-order chi connectivity index (χ0) is 10.6. The van der Waals surface area contributed by atoms with Crippen molar-refractivity contribution < 1.29 is 14.3 Å². The molecule has 0 aromatic heterocycles. The maximum absolute atomic E-state index is 11.3. The van der Waals surface area contributed by atoms with E-state index in [0.717, 1.165) is 19.3 Å². The molecule has 14 heavy (non-hydrogen) atoms. The van der Waals surface area contributed by atoms with Crippen molar-refractivity contribution in [2.24, 2.45) is 5.92 Å². The summed E-state index contributed by atoms with van der Waals surface area (Å²) in [5.41, 5.74) is 0. The first-order valence-corrected chi connectivity index (χ1v) is 5.02. The summed E-state index contributed by atoms with van der Waals surface area (Å²) in [7, 11) is 1.64. The number of amides is 1. The zero-order valence-corrected chi connectivity index (χ0v) is 8.71. The van der Waals surface area contributed by atoms with Crippen LogP contribution in [-0.4, -0.2) is 25.0 Å². The van der Waals surface area contributed by atoms with Crippen LogP contribution in [0.5, 0.6) is 0 Å². The lowest BCUT2D eigenvalue weighted by molar-refractivity contribution is -0.150. The molecule has 1 amide bonds. The van der Waals surface area contributed by atoms with Gasteiger partial charge in [-0.3, -0.25) is 9.59 Å². The lowest BCUT2D eigenvalue weighted by atomic mass is 9.86. The van der Waals surface area contributed by atoms with Gasteiger partial charge < -0.3 is 10.1 Å². The average Bonchev–Trinajstić information content (AvgIpc) is 2.16. The lowest BCUT2D eigenvalue weighted by Crippen LogP contribution is -2.34. The van der Waals surface area contributed by atoms with Crippen LogP contribution in [-0.2, 0) is 14.3 Å². The Kier molecular flexibility index (Phi) is 3.92. The van der Waals surface area contributed by atoms with Crippen molar-refractivity contribution in [2.45, 2.75) is 38.7 Å². The molecular formula is C10H17NO3. The van der Waals surface area contributed by atoms with Gasteiger partial charge >= 0.3 is 5.97 Å². The average molecular weight is 199 g/mol. The monoisotopic (exact) mass is 199 g/mol. The van der Waals surface area contributed by atoms with Crippen LogP contribution in [0.2, 0.25) is 0 Å². The summed E-state index contributed by atoms with van der Waals surface area (Å²) in [6.45, 7) is 1.41. The summed E-state index contributed by atoms with van der Waals surface area (Å²) < 4.78 is 5.10. The molecule has 1 aliphatic carbocycles. The molecule has 4 nitrogen and oxygen atoms in total. The Bertz CT molecular complexity index is 227. The molecular weight excluding hydrogens is 182 g/mol. The molecule has 0 heterocycles. The molecule has 2 unspecified atom stereocenters. The van der Waals surface area contributed by atoms with Crippen molar-refractivity contribution in [3.8, 4) is 0 Å². The van der Waals surface area contributed by atoms with Crippen molar-refractivity contribution in [2.75, 3.05) is 7.05 Å². The predicted octanol–water partition coefficient (Wildman–Crippen LogP) is 0.854. The minimum Gasteiger partial charge on any atom is -0.463 e. The Morgan fingerprint density at radius 2 is 2.07 bits per heavy atom. The van der Waals surface area contributed by atoms with Crippen LogP contribution in [0.1, 0.15) is 32.6 Å². The summed E-state index contributed by atoms with van der Waals surface area (Å²) in [6, 6.07) is 0. The van der Waals surface area contributed by atoms with Crippen LogP contribution in [0.4, 0.5) is 0 Å². The minimum absolute atomic E-state index is 0.0121. The van der Waals surface area contributed by atoms with E-state index < -0.39 is 0 Å². The van der Waals surface area contributed by atoms with Crippen molar-refractivity contribution in [3.63, 3.8) is 0 Å². The molecule has 1 fully saturated rings. The summed E-state index contributed by atoms with van der Waals surface area (Å²) >= 11 is 0. The Hall–Kier alpha value is -1.06. The van der Waals surface area contributed by atoms with Crippen molar-refractivity contribution in [3.05, 3.63) is 0 Å². The highest BCUT2D eigenvalue weighted by molar-refractivity contribution is 5.78. The van der Waals surface area contributed by atoms with Crippen LogP contribution in [0, 0.1) is 5.92 Å². The fourth-order valence-corrected chi connectivity index (χ4v) is 1.93. The smallest absolute Gasteiger partial charge is 0.302 e. The van der Waals surface area contributed by atoms with E-state index in [1.54, 1.807) is 7.05 Å². The van der Waals surface area contributed by atoms with Gasteiger partial charge in [0.15, 0.2) is 0 Å². The normalized spacial score (nSPS) is 26.7. The third kappa shape index (κ3) is 3.01. The summed E-state index contributed by atoms with van der Waals surface area (Å²) in [5, 5.41) is 2.63. The number of hydrogen-bond donors (Lipinski definition) is 1. The molecule has 1 saturated carbocycles. The van der Waals surface area contributed by atoms with E-state index in [4.69, 9.17) is 4.74 Å². The van der Waals surface area contributed by atoms with Crippen molar-refractivity contribution >= 4 is 11.9 Å². The SMILES string of the molecule is CNC(=O)C1CCCC(OC(C)=O)C1. The van der Waals surface area contributed by atoms with E-state index in [0.29, 0.717) is 6.42 Å². The molecule has 0 bridgehead atoms. The number of carbonyl (C=O) groups excluding carboxylic acids is 2. The first-order valence-electron chi connectivity index (χ1n) is 5.02. The van der Waals surface area contributed by atoms with E-state index >= 15 is 0 Å². The first kappa shape index (κ1) is 11.0. The van der Waals surface area contributed by atoms with Crippen molar-refractivity contribution in [1.82, 2.24) is 5.32 Å². The number of ether oxygens (including phenoxy) is 1. The topological polar surface area (TPSA) is 55.4 Å². The summed E-state index contributed by atoms with van der Waals surface area (Å²) in [4.78, 5) is 22.1. The van der Waals surface area contributed by atoms with Crippen LogP contribution >= 0.6 is 0 Å². The first-order chi connectivity index (χ1) is 6.63. The molecule has 0 aromatic carbocycles. The maximum Gasteiger partial charge on any atom is 0.302 e. The van der Waals surface area contributed by atoms with Gasteiger partial charge in [-0.2, -0.15) is 0 Å². The van der Waals surface area contributed by atoms with Gasteiger partial charge in [-0.05, 0) is 25.7 Å². The molecule has 80 valence electrons. The molecule has 4 heteroatoms. The number of rotatable bonds is 2. The third-order valence-electron chi connectivity index (χ3n) is 2.58. The molecule has 0 radical (unpaired) electrons. The quantitative estimate of drug-likeness (QED) is 0.671. The Morgan fingerprint density at radius 3 is 2.64 bits per heavy atom. The summed E-state index contributed by atoms with van der Waals surface area (Å²) in [6.07, 6.45) is 3.34. The van der Waals surface area contributed by atoms with Crippen LogP contribution < -0.4 is 5.32 Å². The van der Waals surface area contributed by atoms with Gasteiger partial charge in [0, 0.05) is 19.9 Å². The van der Waals surface area contributed by atoms with Gasteiger partial charge in [0.2, 0.25) is 5.91 Å². The molecule has 0 spiro atoms. The van der Waals surface area contributed by atoms with E-state index in [2.05, 4.69) is 5.32 Å². The number of esters is 1. The molecule has 2 atom stereocenters. The van der Waals surface area contributed by atoms with E-state index in [-0.39, 0.29) is 23.9 Å². The van der Waals surface area contributed by atoms with Gasteiger partial charge in [0.05, 0.1) is 0 Å². The van der Waals surface area contributed by atoms with Crippen LogP contribution in [0.25, 0.3) is 0 Å². The van der Waals surface area contributed by atoms with Gasteiger partial charge in [-0.15, -0.1) is 0 Å². The highest BCUT2D eigenvalue weighted by Crippen LogP contribution is 2.26. The fraction of sp³-hybridized carbons (Fsp3) is 0.800. The molecule has 0 saturated heterocycles. The highest BCUT2D eigenvalue weighted by Gasteiger charge is 2.27. The molecule has 1 aliphatic rings. The second-order valence-electron chi connectivity index (χ2n) is 3.71. The van der Waals surface area contributed by atoms with E-state index in [1.807, 2.05) is 0 Å². The molecule has 1 N–H and O–H groups in total. The number of nitrogens with one attached hydrogen (secondary N) is 1. The molecule has 0 aromatic rings. The third-order valence-corrected chi connectivity index (χ3v) is 2.58. The van der Waals surface area contributed by atoms with E-state index in [1.165, 1.54) is 6.92 Å². The van der Waals surface area contributed by atoms with Gasteiger partial charge in [0.25, 0.3) is 0 Å². The van der Waals surface area contributed by atoms with Crippen LogP contribution in [0.15, 0.2) is 0 Å². The molecule has 1 rings (SSSR count). The Morgan fingerprint density at radius 1 is 1.36 bits per heavy atom. The lowest BCUT2D eigenvalue weighted by Gasteiger charge is -2.27. The second-order valence-corrected chi connectivity index (χ2v) is 3.71.